The number of thioether (sulfide) groups is 1. The summed E-state index contributed by atoms with van der Waals surface area (Å²) >= 11 is 2.84. The van der Waals surface area contributed by atoms with Crippen molar-refractivity contribution in [1.82, 2.24) is 14.9 Å². The lowest BCUT2D eigenvalue weighted by Gasteiger charge is -2.07. The third-order valence-corrected chi connectivity index (χ3v) is 5.76. The molecule has 0 bridgehead atoms. The second kappa shape index (κ2) is 8.33. The Hall–Kier alpha value is -2.38. The molecular weight excluding hydrogens is 366 g/mol. The fraction of sp³-hybridized carbons (Fsp3) is 0.211. The van der Waals surface area contributed by atoms with Crippen molar-refractivity contribution in [2.24, 2.45) is 0 Å². The molecule has 0 spiro atoms. The van der Waals surface area contributed by atoms with Gasteiger partial charge in [0.1, 0.15) is 0 Å². The van der Waals surface area contributed by atoms with Gasteiger partial charge in [-0.3, -0.25) is 14.2 Å². The van der Waals surface area contributed by atoms with Gasteiger partial charge in [0.25, 0.3) is 0 Å². The number of thiophene rings is 1. The van der Waals surface area contributed by atoms with E-state index in [-0.39, 0.29) is 11.7 Å². The molecular formula is C19H19N3O2S2. The number of carbonyl (C=O) groups is 2. The van der Waals surface area contributed by atoms with Crippen LogP contribution in [-0.2, 0) is 11.3 Å². The second-order valence-corrected chi connectivity index (χ2v) is 7.92. The predicted octanol–water partition coefficient (Wildman–Crippen LogP) is 3.85. The SMILES string of the molecule is CC(=O)NCc1ccc(C(=O)CSc2nccn2-c2cccc(C)c2)s1. The van der Waals surface area contributed by atoms with Crippen molar-refractivity contribution in [2.45, 2.75) is 25.5 Å². The molecule has 0 radical (unpaired) electrons. The van der Waals surface area contributed by atoms with Gasteiger partial charge in [0, 0.05) is 29.9 Å². The minimum atomic E-state index is -0.0789. The van der Waals surface area contributed by atoms with Gasteiger partial charge < -0.3 is 5.32 Å². The van der Waals surface area contributed by atoms with Crippen molar-refractivity contribution >= 4 is 34.8 Å². The lowest BCUT2D eigenvalue weighted by Crippen LogP contribution is -2.18. The Balaban J connectivity index is 1.64. The number of benzene rings is 1. The van der Waals surface area contributed by atoms with E-state index in [0.717, 1.165) is 15.7 Å². The normalized spacial score (nSPS) is 10.7. The summed E-state index contributed by atoms with van der Waals surface area (Å²) in [5.41, 5.74) is 2.21. The Kier molecular flexibility index (Phi) is 5.90. The van der Waals surface area contributed by atoms with Gasteiger partial charge in [0.05, 0.1) is 17.2 Å². The molecule has 0 aliphatic heterocycles. The highest BCUT2D eigenvalue weighted by molar-refractivity contribution is 7.99. The number of imidazole rings is 1. The average Bonchev–Trinajstić information content (AvgIpc) is 3.27. The second-order valence-electron chi connectivity index (χ2n) is 5.81. The number of aromatic nitrogens is 2. The molecule has 2 heterocycles. The molecule has 0 unspecified atom stereocenters. The molecule has 0 fully saturated rings. The quantitative estimate of drug-likeness (QED) is 0.496. The molecule has 26 heavy (non-hydrogen) atoms. The number of aryl methyl sites for hydroxylation is 1. The molecule has 0 saturated heterocycles. The van der Waals surface area contributed by atoms with Crippen molar-refractivity contribution in [3.8, 4) is 5.69 Å². The van der Waals surface area contributed by atoms with Crippen LogP contribution in [-0.4, -0.2) is 27.0 Å². The van der Waals surface area contributed by atoms with Crippen LogP contribution >= 0.6 is 23.1 Å². The summed E-state index contributed by atoms with van der Waals surface area (Å²) < 4.78 is 1.99. The molecule has 2 aromatic heterocycles. The van der Waals surface area contributed by atoms with Crippen LogP contribution in [0.2, 0.25) is 0 Å². The van der Waals surface area contributed by atoms with E-state index in [0.29, 0.717) is 17.2 Å². The highest BCUT2D eigenvalue weighted by Gasteiger charge is 2.13. The maximum atomic E-state index is 12.5. The molecule has 1 amide bonds. The van der Waals surface area contributed by atoms with Gasteiger partial charge >= 0.3 is 0 Å². The van der Waals surface area contributed by atoms with E-state index in [1.54, 1.807) is 6.20 Å². The Bertz CT molecular complexity index is 930. The van der Waals surface area contributed by atoms with Crippen LogP contribution in [0, 0.1) is 6.92 Å². The zero-order valence-electron chi connectivity index (χ0n) is 14.6. The highest BCUT2D eigenvalue weighted by atomic mass is 32.2. The van der Waals surface area contributed by atoms with Crippen LogP contribution in [0.4, 0.5) is 0 Å². The minimum Gasteiger partial charge on any atom is -0.351 e. The van der Waals surface area contributed by atoms with Crippen LogP contribution in [0.3, 0.4) is 0 Å². The van der Waals surface area contributed by atoms with Crippen LogP contribution < -0.4 is 5.32 Å². The third-order valence-electron chi connectivity index (χ3n) is 3.67. The van der Waals surface area contributed by atoms with Crippen LogP contribution in [0.25, 0.3) is 5.69 Å². The first kappa shape index (κ1) is 18.4. The largest absolute Gasteiger partial charge is 0.351 e. The molecule has 3 aromatic rings. The summed E-state index contributed by atoms with van der Waals surface area (Å²) in [7, 11) is 0. The lowest BCUT2D eigenvalue weighted by atomic mass is 10.2. The smallest absolute Gasteiger partial charge is 0.217 e. The minimum absolute atomic E-state index is 0.0628. The molecule has 5 nitrogen and oxygen atoms in total. The van der Waals surface area contributed by atoms with Gasteiger partial charge in [0.15, 0.2) is 10.9 Å². The first-order chi connectivity index (χ1) is 12.5. The van der Waals surface area contributed by atoms with Crippen LogP contribution in [0.5, 0.6) is 0 Å². The maximum Gasteiger partial charge on any atom is 0.217 e. The van der Waals surface area contributed by atoms with E-state index in [9.17, 15) is 9.59 Å². The molecule has 1 N–H and O–H groups in total. The van der Waals surface area contributed by atoms with Crippen molar-refractivity contribution in [3.63, 3.8) is 0 Å². The first-order valence-corrected chi connectivity index (χ1v) is 9.92. The van der Waals surface area contributed by atoms with Crippen LogP contribution in [0.15, 0.2) is 53.9 Å². The van der Waals surface area contributed by atoms with Crippen molar-refractivity contribution in [3.05, 3.63) is 64.1 Å². The van der Waals surface area contributed by atoms with E-state index >= 15 is 0 Å². The summed E-state index contributed by atoms with van der Waals surface area (Å²) in [5.74, 6) is 0.306. The molecule has 134 valence electrons. The number of carbonyl (C=O) groups excluding carboxylic acids is 2. The van der Waals surface area contributed by atoms with Gasteiger partial charge in [0.2, 0.25) is 5.91 Å². The highest BCUT2D eigenvalue weighted by Crippen LogP contribution is 2.24. The molecule has 3 rings (SSSR count). The summed E-state index contributed by atoms with van der Waals surface area (Å²) in [4.78, 5) is 29.5. The Labute approximate surface area is 160 Å². The standard InChI is InChI=1S/C19H19N3O2S2/c1-13-4-3-5-15(10-13)22-9-8-20-19(22)25-12-17(24)18-7-6-16(26-18)11-21-14(2)23/h3-10H,11-12H2,1-2H3,(H,21,23). The van der Waals surface area contributed by atoms with Gasteiger partial charge in [-0.2, -0.15) is 0 Å². The van der Waals surface area contributed by atoms with E-state index in [1.807, 2.05) is 48.0 Å². The van der Waals surface area contributed by atoms with Crippen molar-refractivity contribution in [2.75, 3.05) is 5.75 Å². The summed E-state index contributed by atoms with van der Waals surface area (Å²) in [6.07, 6.45) is 3.64. The molecule has 0 aliphatic rings. The van der Waals surface area contributed by atoms with Crippen molar-refractivity contribution < 1.29 is 9.59 Å². The number of hydrogen-bond acceptors (Lipinski definition) is 5. The van der Waals surface area contributed by atoms with Gasteiger partial charge in [-0.25, -0.2) is 4.98 Å². The third kappa shape index (κ3) is 4.62. The zero-order valence-corrected chi connectivity index (χ0v) is 16.2. The lowest BCUT2D eigenvalue weighted by molar-refractivity contribution is -0.119. The Morgan fingerprint density at radius 1 is 1.27 bits per heavy atom. The fourth-order valence-corrected chi connectivity index (χ4v) is 4.24. The number of hydrogen-bond donors (Lipinski definition) is 1. The average molecular weight is 386 g/mol. The Morgan fingerprint density at radius 3 is 2.88 bits per heavy atom. The number of rotatable bonds is 7. The van der Waals surface area contributed by atoms with Crippen molar-refractivity contribution in [1.29, 1.82) is 0 Å². The number of ketones is 1. The topological polar surface area (TPSA) is 64.0 Å². The summed E-state index contributed by atoms with van der Waals surface area (Å²) in [5, 5.41) is 3.53. The molecule has 0 atom stereocenters. The van der Waals surface area contributed by atoms with Crippen LogP contribution in [0.1, 0.15) is 27.0 Å². The summed E-state index contributed by atoms with van der Waals surface area (Å²) in [6, 6.07) is 11.9. The number of nitrogens with one attached hydrogen (secondary N) is 1. The van der Waals surface area contributed by atoms with Gasteiger partial charge in [-0.1, -0.05) is 23.9 Å². The zero-order chi connectivity index (χ0) is 18.5. The fourth-order valence-electron chi connectivity index (χ4n) is 2.41. The number of Topliss-reactive ketones (excluding diaryl/α,β-unsaturated/α-hetero) is 1. The molecule has 0 aliphatic carbocycles. The Morgan fingerprint density at radius 2 is 2.12 bits per heavy atom. The van der Waals surface area contributed by atoms with E-state index in [1.165, 1.54) is 35.6 Å². The van der Waals surface area contributed by atoms with E-state index < -0.39 is 0 Å². The monoisotopic (exact) mass is 385 g/mol. The molecule has 7 heteroatoms. The molecule has 1 aromatic carbocycles. The molecule has 0 saturated carbocycles. The summed E-state index contributed by atoms with van der Waals surface area (Å²) in [6.45, 7) is 3.98. The predicted molar refractivity (Wildman–Crippen MR) is 105 cm³/mol. The van der Waals surface area contributed by atoms with E-state index in [2.05, 4.69) is 16.4 Å². The van der Waals surface area contributed by atoms with Gasteiger partial charge in [-0.15, -0.1) is 11.3 Å². The van der Waals surface area contributed by atoms with Gasteiger partial charge in [-0.05, 0) is 36.8 Å². The van der Waals surface area contributed by atoms with E-state index in [4.69, 9.17) is 0 Å². The number of amides is 1. The first-order valence-electron chi connectivity index (χ1n) is 8.12. The maximum absolute atomic E-state index is 12.5. The number of nitrogens with zero attached hydrogens (tertiary/aromatic N) is 2.